The summed E-state index contributed by atoms with van der Waals surface area (Å²) in [4.78, 5) is 164. The first kappa shape index (κ1) is 87.5. The quantitative estimate of drug-likeness (QED) is 0.107. The smallest absolute Gasteiger partial charge is 0.245 e. The Morgan fingerprint density at radius 3 is 0.545 bits per heavy atom. The lowest BCUT2D eigenvalue weighted by atomic mass is 9.88. The maximum absolute atomic E-state index is 13.1. The van der Waals surface area contributed by atoms with Crippen LogP contribution in [0.5, 0.6) is 0 Å². The number of amides is 10. The van der Waals surface area contributed by atoms with Crippen molar-refractivity contribution in [1.29, 1.82) is 0 Å². The second-order valence-corrected chi connectivity index (χ2v) is 39.3. The fraction of sp³-hybridized carbons (Fsp3) is 0.217. The third-order valence-electron chi connectivity index (χ3n) is 30.8. The number of para-hydroxylation sites is 10. The van der Waals surface area contributed by atoms with Crippen molar-refractivity contribution in [2.24, 2.45) is 0 Å². The number of fused-ring (bicyclic) bond motifs is 25. The van der Waals surface area contributed by atoms with E-state index in [4.69, 9.17) is 22.1 Å². The van der Waals surface area contributed by atoms with E-state index in [1.807, 2.05) is 243 Å². The van der Waals surface area contributed by atoms with Gasteiger partial charge in [-0.05, 0) is 119 Å². The van der Waals surface area contributed by atoms with Crippen molar-refractivity contribution in [3.63, 3.8) is 0 Å². The summed E-state index contributed by atoms with van der Waals surface area (Å²) in [6, 6.07) is 84.4. The van der Waals surface area contributed by atoms with Gasteiger partial charge in [-0.25, -0.2) is 0 Å². The molecule has 0 bridgehead atoms. The molecule has 30 rings (SSSR count). The van der Waals surface area contributed by atoms with Crippen LogP contribution in [0, 0.1) is 0 Å². The molecule has 10 amide bonds. The monoisotopic (exact) mass is 1930 g/mol. The molecule has 20 aromatic rings. The van der Waals surface area contributed by atoms with E-state index in [0.717, 1.165) is 166 Å². The zero-order valence-corrected chi connectivity index (χ0v) is 79.4. The Morgan fingerprint density at radius 1 is 0.214 bits per heavy atom. The summed E-state index contributed by atoms with van der Waals surface area (Å²) in [6.07, 6.45) is 2.52. The maximum atomic E-state index is 13.1. The Morgan fingerprint density at radius 2 is 0.372 bits per heavy atom. The highest BCUT2D eigenvalue weighted by Gasteiger charge is 2.55. The summed E-state index contributed by atoms with van der Waals surface area (Å²) in [5.41, 5.74) is 19.0. The Kier molecular flexibility index (Phi) is 20.4. The molecule has 5 fully saturated rings. The number of benzene rings is 10. The van der Waals surface area contributed by atoms with Gasteiger partial charge in [-0.1, -0.05) is 182 Å². The van der Waals surface area contributed by atoms with Crippen molar-refractivity contribution < 1.29 is 70.0 Å². The lowest BCUT2D eigenvalue weighted by Crippen LogP contribution is -2.62. The minimum atomic E-state index is -0.522. The number of nitrogens with zero attached hydrogens (tertiary/aromatic N) is 10. The molecule has 5 saturated heterocycles. The maximum Gasteiger partial charge on any atom is 0.245 e. The molecular formula is C115H95N15O15. The molecule has 5 N–H and O–H groups in total. The number of hydrogen-bond acceptors (Lipinski definition) is 15. The van der Waals surface area contributed by atoms with E-state index in [0.29, 0.717) is 60.9 Å². The Balaban J connectivity index is 0.0000000923. The first-order valence-electron chi connectivity index (χ1n) is 48.8. The number of carbonyl (C=O) groups is 10. The van der Waals surface area contributed by atoms with Gasteiger partial charge in [0, 0.05) is 149 Å². The molecule has 10 aliphatic heterocycles. The van der Waals surface area contributed by atoms with Crippen LogP contribution in [0.2, 0.25) is 0 Å². The molecular weight excluding hydrogens is 1830 g/mol. The van der Waals surface area contributed by atoms with Gasteiger partial charge in [-0.15, -0.1) is 0 Å². The van der Waals surface area contributed by atoms with Gasteiger partial charge in [-0.3, -0.25) is 47.9 Å². The van der Waals surface area contributed by atoms with E-state index >= 15 is 0 Å². The average molecular weight is 1930 g/mol. The number of H-pyrrole nitrogens is 5. The van der Waals surface area contributed by atoms with Gasteiger partial charge in [0.2, 0.25) is 59.1 Å². The number of piperazine rings is 5. The first-order chi connectivity index (χ1) is 70.6. The Hall–Kier alpha value is -17.7. The summed E-state index contributed by atoms with van der Waals surface area (Å²) >= 11 is 0. The number of rotatable bonds is 5. The molecule has 30 nitrogen and oxygen atoms in total. The van der Waals surface area contributed by atoms with Crippen LogP contribution in [0.4, 0.5) is 0 Å². The predicted octanol–water partition coefficient (Wildman–Crippen LogP) is 16.1. The summed E-state index contributed by atoms with van der Waals surface area (Å²) in [5.74, 6) is 2.93. The van der Waals surface area contributed by atoms with Crippen molar-refractivity contribution in [2.45, 2.75) is 92.5 Å². The van der Waals surface area contributed by atoms with Crippen LogP contribution < -0.4 is 0 Å². The van der Waals surface area contributed by atoms with E-state index in [1.54, 1.807) is 59.7 Å². The molecule has 0 aliphatic carbocycles. The van der Waals surface area contributed by atoms with E-state index in [-0.39, 0.29) is 91.8 Å². The molecule has 10 aromatic heterocycles. The number of nitrogens with one attached hydrogen (secondary N) is 5. The number of aromatic amines is 5. The van der Waals surface area contributed by atoms with Gasteiger partial charge in [0.1, 0.15) is 117 Å². The number of furan rings is 5. The van der Waals surface area contributed by atoms with Crippen molar-refractivity contribution in [2.75, 3.05) is 68.0 Å². The van der Waals surface area contributed by atoms with Crippen molar-refractivity contribution in [3.05, 3.63) is 358 Å². The molecule has 30 heteroatoms. The van der Waals surface area contributed by atoms with Crippen LogP contribution in [0.1, 0.15) is 115 Å². The van der Waals surface area contributed by atoms with Crippen LogP contribution in [-0.2, 0) is 80.0 Å². The van der Waals surface area contributed by atoms with Crippen LogP contribution >= 0.6 is 0 Å². The lowest BCUT2D eigenvalue weighted by molar-refractivity contribution is -0.157. The van der Waals surface area contributed by atoms with Crippen LogP contribution in [0.3, 0.4) is 0 Å². The second-order valence-electron chi connectivity index (χ2n) is 39.3. The van der Waals surface area contributed by atoms with Gasteiger partial charge in [0.05, 0.1) is 61.2 Å². The molecule has 0 saturated carbocycles. The molecule has 0 spiro atoms. The van der Waals surface area contributed by atoms with Gasteiger partial charge >= 0.3 is 0 Å². The highest BCUT2D eigenvalue weighted by molar-refractivity contribution is 6.04. The highest BCUT2D eigenvalue weighted by Crippen LogP contribution is 2.52. The minimum absolute atomic E-state index is 0.0263. The molecule has 10 atom stereocenters. The van der Waals surface area contributed by atoms with Gasteiger partial charge < -0.3 is 96.0 Å². The molecule has 10 aromatic carbocycles. The zero-order chi connectivity index (χ0) is 98.5. The van der Waals surface area contributed by atoms with E-state index < -0.39 is 60.4 Å². The van der Waals surface area contributed by atoms with E-state index in [2.05, 4.69) is 55.3 Å². The predicted molar refractivity (Wildman–Crippen MR) is 542 cm³/mol. The second kappa shape index (κ2) is 33.8. The largest absolute Gasteiger partial charge is 0.458 e. The zero-order valence-electron chi connectivity index (χ0n) is 79.4. The molecule has 0 radical (unpaired) electrons. The van der Waals surface area contributed by atoms with E-state index in [9.17, 15) is 47.9 Å². The molecule has 20 heterocycles. The Labute approximate surface area is 826 Å². The standard InChI is InChI=1S/5C23H19N3O3/c5*1-25-12-20(27)26-17(23(25)28)11-15-14-7-3-4-8-16(14)24-21(15)22(26)19-10-13-6-2-5-9-18(13)29-19/h5*2-10,17,22,24H,11-12H2,1H3/t3*17-,22+;2*17-,22-/m11010/s1. The first-order valence-corrected chi connectivity index (χ1v) is 48.8. The molecule has 720 valence electrons. The average Bonchev–Trinajstić information content (AvgIpc) is 1.62. The highest BCUT2D eigenvalue weighted by atomic mass is 16.4. The van der Waals surface area contributed by atoms with Gasteiger partial charge in [-0.2, -0.15) is 0 Å². The normalized spacial score (nSPS) is 21.7. The van der Waals surface area contributed by atoms with Crippen molar-refractivity contribution in [3.8, 4) is 0 Å². The number of aromatic nitrogens is 5. The summed E-state index contributed by atoms with van der Waals surface area (Å²) < 4.78 is 30.9. The Bertz CT molecular complexity index is 7510. The molecule has 10 aliphatic rings. The van der Waals surface area contributed by atoms with Crippen LogP contribution in [-0.4, -0.2) is 231 Å². The van der Waals surface area contributed by atoms with Crippen LogP contribution in [0.15, 0.2) is 295 Å². The molecule has 0 unspecified atom stereocenters. The summed E-state index contributed by atoms with van der Waals surface area (Å²) in [7, 11) is 8.46. The topological polar surface area (TPSA) is 348 Å². The third-order valence-corrected chi connectivity index (χ3v) is 30.8. The fourth-order valence-electron chi connectivity index (χ4n) is 24.2. The van der Waals surface area contributed by atoms with Crippen molar-refractivity contribution >= 4 is 168 Å². The number of carbonyl (C=O) groups excluding carboxylic acids is 10. The number of hydrogen-bond donors (Lipinski definition) is 5. The van der Waals surface area contributed by atoms with Crippen LogP contribution in [0.25, 0.3) is 109 Å². The van der Waals surface area contributed by atoms with Gasteiger partial charge in [0.15, 0.2) is 0 Å². The summed E-state index contributed by atoms with van der Waals surface area (Å²) in [6.45, 7) is 0.425. The lowest BCUT2D eigenvalue weighted by Gasteiger charge is -2.45. The van der Waals surface area contributed by atoms with Crippen molar-refractivity contribution in [1.82, 2.24) is 73.9 Å². The summed E-state index contributed by atoms with van der Waals surface area (Å²) in [5, 5.41) is 10.4. The fourth-order valence-corrected chi connectivity index (χ4v) is 24.2. The minimum Gasteiger partial charge on any atom is -0.458 e. The third kappa shape index (κ3) is 14.1. The SMILES string of the molecule is CN1CC(=O)N2[C@@H](c3cc4ccccc4o3)c3[nH]c4ccccc4c3C[C@@H]2C1=O.CN1CC(=O)N2[C@@H](c3cc4ccccc4o3)c3[nH]c4ccccc4c3C[C@@H]2C1=O.CN1CC(=O)N2[C@@H](c3cc4ccccc4o3)c3[nH]c4ccccc4c3C[C@H]2C1=O.CN1CC(=O)N2[C@H](c3cc4ccccc4o3)c3[nH]c4ccccc4c3C[C@@H]2C1=O.CN1CC(=O)N2[C@H](c3cc4ccccc4o3)c3[nH]c4ccccc4c3C[C@H]2C1=O. The van der Waals surface area contributed by atoms with Gasteiger partial charge in [0.25, 0.3) is 0 Å². The number of likely N-dealkylation sites (N-methyl/N-ethyl adjacent to an activating group) is 5. The molecule has 145 heavy (non-hydrogen) atoms. The van der Waals surface area contributed by atoms with E-state index in [1.165, 1.54) is 24.5 Å².